The van der Waals surface area contributed by atoms with Crippen molar-refractivity contribution in [2.24, 2.45) is 7.05 Å². The van der Waals surface area contributed by atoms with E-state index in [1.807, 2.05) is 0 Å². The van der Waals surface area contributed by atoms with Gasteiger partial charge < -0.3 is 9.88 Å². The average Bonchev–Trinajstić information content (AvgIpc) is 2.96. The highest BCUT2D eigenvalue weighted by molar-refractivity contribution is 7.90. The molecule has 0 aliphatic rings. The average molecular weight is 454 g/mol. The second-order valence-corrected chi connectivity index (χ2v) is 9.04. The monoisotopic (exact) mass is 454 g/mol. The van der Waals surface area contributed by atoms with E-state index in [4.69, 9.17) is 0 Å². The molecule has 1 aromatic heterocycles. The maximum absolute atomic E-state index is 13.4. The number of aromatic nitrogens is 1. The van der Waals surface area contributed by atoms with Gasteiger partial charge in [-0.3, -0.25) is 4.79 Å². The van der Waals surface area contributed by atoms with E-state index in [0.29, 0.717) is 17.4 Å². The minimum absolute atomic E-state index is 0.0830. The first kappa shape index (κ1) is 22.5. The number of nitrogens with zero attached hydrogens (tertiary/aromatic N) is 1. The lowest BCUT2D eigenvalue weighted by atomic mass is 10.0. The number of nitrogens with one attached hydrogen (secondary N) is 1. The van der Waals surface area contributed by atoms with Gasteiger partial charge in [0.1, 0.15) is 5.82 Å². The lowest BCUT2D eigenvalue weighted by Crippen LogP contribution is -2.13. The molecule has 0 spiro atoms. The second kappa shape index (κ2) is 7.84. The summed E-state index contributed by atoms with van der Waals surface area (Å²) in [7, 11) is -1.89. The standard InChI is InChI=1S/C21H18F4N2O3S/c1-12-17(20(28)26-14-5-7-15(8-6-14)31(3,29)30)11-19(27(12)2)16-9-4-13(22)10-18(16)21(23,24)25/h4-11H,1-3H3,(H,26,28). The Bertz CT molecular complexity index is 1260. The molecule has 1 heterocycles. The van der Waals surface area contributed by atoms with Crippen molar-refractivity contribution in [3.63, 3.8) is 0 Å². The third kappa shape index (κ3) is 4.63. The van der Waals surface area contributed by atoms with Gasteiger partial charge in [-0.25, -0.2) is 12.8 Å². The minimum Gasteiger partial charge on any atom is -0.347 e. The summed E-state index contributed by atoms with van der Waals surface area (Å²) < 4.78 is 78.2. The van der Waals surface area contributed by atoms with E-state index in [-0.39, 0.29) is 21.7 Å². The van der Waals surface area contributed by atoms with Crippen LogP contribution in [-0.2, 0) is 23.1 Å². The largest absolute Gasteiger partial charge is 0.417 e. The van der Waals surface area contributed by atoms with Crippen molar-refractivity contribution in [3.8, 4) is 11.3 Å². The number of rotatable bonds is 4. The molecule has 3 rings (SSSR count). The normalized spacial score (nSPS) is 12.1. The van der Waals surface area contributed by atoms with Crippen LogP contribution in [0.5, 0.6) is 0 Å². The molecule has 10 heteroatoms. The number of alkyl halides is 3. The van der Waals surface area contributed by atoms with Crippen LogP contribution in [0.3, 0.4) is 0 Å². The molecule has 0 saturated heterocycles. The first-order chi connectivity index (χ1) is 14.3. The highest BCUT2D eigenvalue weighted by atomic mass is 32.2. The molecule has 31 heavy (non-hydrogen) atoms. The van der Waals surface area contributed by atoms with Gasteiger partial charge in [-0.1, -0.05) is 0 Å². The van der Waals surface area contributed by atoms with Crippen molar-refractivity contribution in [2.75, 3.05) is 11.6 Å². The summed E-state index contributed by atoms with van der Waals surface area (Å²) >= 11 is 0. The number of halogens is 4. The Morgan fingerprint density at radius 3 is 2.19 bits per heavy atom. The molecule has 0 atom stereocenters. The molecule has 0 bridgehead atoms. The fraction of sp³-hybridized carbons (Fsp3) is 0.190. The summed E-state index contributed by atoms with van der Waals surface area (Å²) in [6.07, 6.45) is -3.72. The molecule has 1 N–H and O–H groups in total. The predicted molar refractivity (Wildman–Crippen MR) is 108 cm³/mol. The van der Waals surface area contributed by atoms with E-state index in [9.17, 15) is 30.8 Å². The second-order valence-electron chi connectivity index (χ2n) is 7.03. The lowest BCUT2D eigenvalue weighted by molar-refractivity contribution is -0.137. The molecular formula is C21H18F4N2O3S. The first-order valence-corrected chi connectivity index (χ1v) is 10.8. The van der Waals surface area contributed by atoms with E-state index in [1.54, 1.807) is 6.92 Å². The number of carbonyl (C=O) groups is 1. The molecule has 1 amide bonds. The SMILES string of the molecule is Cc1c(C(=O)Nc2ccc(S(C)(=O)=O)cc2)cc(-c2ccc(F)cc2C(F)(F)F)n1C. The fourth-order valence-corrected chi connectivity index (χ4v) is 3.78. The molecule has 5 nitrogen and oxygen atoms in total. The van der Waals surface area contributed by atoms with Crippen molar-refractivity contribution in [2.45, 2.75) is 18.0 Å². The Morgan fingerprint density at radius 1 is 1.03 bits per heavy atom. The Balaban J connectivity index is 1.98. The van der Waals surface area contributed by atoms with Gasteiger partial charge in [-0.05, 0) is 55.5 Å². The number of hydrogen-bond acceptors (Lipinski definition) is 3. The molecule has 164 valence electrons. The highest BCUT2D eigenvalue weighted by Gasteiger charge is 2.35. The van der Waals surface area contributed by atoms with E-state index >= 15 is 0 Å². The summed E-state index contributed by atoms with van der Waals surface area (Å²) in [5.74, 6) is -1.60. The van der Waals surface area contributed by atoms with Crippen molar-refractivity contribution < 1.29 is 30.8 Å². The van der Waals surface area contributed by atoms with Crippen LogP contribution in [0, 0.1) is 12.7 Å². The van der Waals surface area contributed by atoms with Gasteiger partial charge in [-0.2, -0.15) is 13.2 Å². The van der Waals surface area contributed by atoms with Crippen LogP contribution in [0.4, 0.5) is 23.2 Å². The van der Waals surface area contributed by atoms with Gasteiger partial charge >= 0.3 is 6.18 Å². The van der Waals surface area contributed by atoms with Crippen LogP contribution in [0.2, 0.25) is 0 Å². The minimum atomic E-state index is -4.78. The van der Waals surface area contributed by atoms with Crippen LogP contribution in [0.15, 0.2) is 53.4 Å². The van der Waals surface area contributed by atoms with Crippen molar-refractivity contribution in [3.05, 3.63) is 71.2 Å². The van der Waals surface area contributed by atoms with E-state index in [1.165, 1.54) is 41.9 Å². The molecule has 0 fully saturated rings. The van der Waals surface area contributed by atoms with Crippen molar-refractivity contribution >= 4 is 21.4 Å². The first-order valence-electron chi connectivity index (χ1n) is 8.94. The van der Waals surface area contributed by atoms with Crippen LogP contribution in [0.25, 0.3) is 11.3 Å². The fourth-order valence-electron chi connectivity index (χ4n) is 3.15. The highest BCUT2D eigenvalue weighted by Crippen LogP contribution is 2.38. The summed E-state index contributed by atoms with van der Waals surface area (Å²) in [4.78, 5) is 12.8. The van der Waals surface area contributed by atoms with E-state index in [2.05, 4.69) is 5.32 Å². The third-order valence-electron chi connectivity index (χ3n) is 4.88. The quantitative estimate of drug-likeness (QED) is 0.575. The maximum Gasteiger partial charge on any atom is 0.417 e. The van der Waals surface area contributed by atoms with Gasteiger partial charge in [0.25, 0.3) is 5.91 Å². The molecule has 2 aromatic carbocycles. The van der Waals surface area contributed by atoms with Crippen molar-refractivity contribution in [1.29, 1.82) is 0 Å². The molecule has 3 aromatic rings. The van der Waals surface area contributed by atoms with Gasteiger partial charge in [0, 0.05) is 35.9 Å². The van der Waals surface area contributed by atoms with E-state index < -0.39 is 33.3 Å². The maximum atomic E-state index is 13.4. The van der Waals surface area contributed by atoms with E-state index in [0.717, 1.165) is 18.4 Å². The summed E-state index contributed by atoms with van der Waals surface area (Å²) in [6.45, 7) is 1.57. The van der Waals surface area contributed by atoms with Crippen LogP contribution >= 0.6 is 0 Å². The summed E-state index contributed by atoms with van der Waals surface area (Å²) in [5, 5.41) is 2.59. The van der Waals surface area contributed by atoms with Gasteiger partial charge in [-0.15, -0.1) is 0 Å². The van der Waals surface area contributed by atoms with Crippen molar-refractivity contribution in [1.82, 2.24) is 4.57 Å². The Kier molecular flexibility index (Phi) is 5.70. The predicted octanol–water partition coefficient (Wildman–Crippen LogP) is 4.81. The van der Waals surface area contributed by atoms with Crippen LogP contribution in [0.1, 0.15) is 21.6 Å². The smallest absolute Gasteiger partial charge is 0.347 e. The lowest BCUT2D eigenvalue weighted by Gasteiger charge is -2.14. The zero-order valence-corrected chi connectivity index (χ0v) is 17.5. The Morgan fingerprint density at radius 2 is 1.65 bits per heavy atom. The molecule has 0 radical (unpaired) electrons. The Hall–Kier alpha value is -3.14. The number of sulfone groups is 1. The molecule has 0 unspecified atom stereocenters. The molecular weight excluding hydrogens is 436 g/mol. The number of amides is 1. The molecule has 0 aliphatic heterocycles. The molecule has 0 saturated carbocycles. The third-order valence-corrected chi connectivity index (χ3v) is 6.01. The summed E-state index contributed by atoms with van der Waals surface area (Å²) in [5.41, 5.74) is -0.449. The van der Waals surface area contributed by atoms with Gasteiger partial charge in [0.2, 0.25) is 0 Å². The molecule has 0 aliphatic carbocycles. The van der Waals surface area contributed by atoms with Gasteiger partial charge in [0.05, 0.1) is 16.0 Å². The number of anilines is 1. The van der Waals surface area contributed by atoms with Gasteiger partial charge in [0.15, 0.2) is 9.84 Å². The number of carbonyl (C=O) groups excluding carboxylic acids is 1. The number of benzene rings is 2. The number of hydrogen-bond donors (Lipinski definition) is 1. The zero-order chi connectivity index (χ0) is 23.1. The van der Waals surface area contributed by atoms with Crippen LogP contribution < -0.4 is 5.32 Å². The topological polar surface area (TPSA) is 68.2 Å². The van der Waals surface area contributed by atoms with Crippen LogP contribution in [-0.4, -0.2) is 25.1 Å². The summed E-state index contributed by atoms with van der Waals surface area (Å²) in [6, 6.07) is 9.17. The zero-order valence-electron chi connectivity index (χ0n) is 16.7. The Labute approximate surface area is 176 Å².